The van der Waals surface area contributed by atoms with E-state index in [1.165, 1.54) is 0 Å². The van der Waals surface area contributed by atoms with Gasteiger partial charge in [-0.05, 0) is 25.0 Å². The van der Waals surface area contributed by atoms with Gasteiger partial charge in [0.05, 0.1) is 11.4 Å². The van der Waals surface area contributed by atoms with E-state index in [1.54, 1.807) is 13.1 Å². The van der Waals surface area contributed by atoms with E-state index < -0.39 is 0 Å². The van der Waals surface area contributed by atoms with Gasteiger partial charge in [0.15, 0.2) is 0 Å². The van der Waals surface area contributed by atoms with Crippen molar-refractivity contribution in [2.75, 3.05) is 14.1 Å². The summed E-state index contributed by atoms with van der Waals surface area (Å²) in [6.07, 6.45) is 9.54. The second kappa shape index (κ2) is 7.74. The van der Waals surface area contributed by atoms with Crippen LogP contribution in [0.4, 0.5) is 0 Å². The molecule has 0 aromatic rings. The minimum atomic E-state index is 0.535. The van der Waals surface area contributed by atoms with Gasteiger partial charge < -0.3 is 5.32 Å². The standard InChI is InChI=1S/C15H20ClN3/c1-5-12(8-6-7-11(2)16)13-9-10-14(17-3)15(18-4)19-13/h5-7,9H,2,8,10H2,1,3-4H3,(H,18,19)/b7-6-,12-5+,17-14+. The largest absolute Gasteiger partial charge is 0.372 e. The molecule has 0 unspecified atom stereocenters. The van der Waals surface area contributed by atoms with E-state index in [1.807, 2.05) is 20.0 Å². The van der Waals surface area contributed by atoms with E-state index in [0.717, 1.165) is 35.7 Å². The summed E-state index contributed by atoms with van der Waals surface area (Å²) in [5.41, 5.74) is 3.13. The summed E-state index contributed by atoms with van der Waals surface area (Å²) < 4.78 is 0. The van der Waals surface area contributed by atoms with Crippen LogP contribution in [0.3, 0.4) is 0 Å². The lowest BCUT2D eigenvalue weighted by Gasteiger charge is -2.16. The fraction of sp³-hybridized carbons (Fsp3) is 0.333. The highest BCUT2D eigenvalue weighted by molar-refractivity contribution is 6.42. The summed E-state index contributed by atoms with van der Waals surface area (Å²) in [5, 5.41) is 3.62. The van der Waals surface area contributed by atoms with Crippen LogP contribution in [-0.2, 0) is 0 Å². The van der Waals surface area contributed by atoms with Crippen LogP contribution in [0.25, 0.3) is 0 Å². The number of hydrogen-bond acceptors (Lipinski definition) is 3. The van der Waals surface area contributed by atoms with Crippen molar-refractivity contribution in [3.63, 3.8) is 0 Å². The Balaban J connectivity index is 2.87. The van der Waals surface area contributed by atoms with Crippen LogP contribution in [0, 0.1) is 0 Å². The van der Waals surface area contributed by atoms with Crippen LogP contribution in [0.15, 0.2) is 57.2 Å². The second-order valence-corrected chi connectivity index (χ2v) is 4.53. The summed E-state index contributed by atoms with van der Waals surface area (Å²) in [6, 6.07) is 0. The molecule has 0 amide bonds. The van der Waals surface area contributed by atoms with Crippen LogP contribution in [0.1, 0.15) is 19.8 Å². The van der Waals surface area contributed by atoms with Crippen LogP contribution in [0.5, 0.6) is 0 Å². The lowest BCUT2D eigenvalue weighted by Crippen LogP contribution is -2.30. The SMILES string of the molecule is C=C(Cl)/C=C\C/C(=C\C)C1=CC/C(=N\C)C(NC)=N1. The summed E-state index contributed by atoms with van der Waals surface area (Å²) in [5.74, 6) is 0.838. The zero-order chi connectivity index (χ0) is 14.3. The molecule has 0 aliphatic carbocycles. The van der Waals surface area contributed by atoms with E-state index in [0.29, 0.717) is 5.03 Å². The van der Waals surface area contributed by atoms with Gasteiger partial charge in [-0.3, -0.25) is 4.99 Å². The Morgan fingerprint density at radius 2 is 2.37 bits per heavy atom. The minimum Gasteiger partial charge on any atom is -0.372 e. The third-order valence-corrected chi connectivity index (χ3v) is 2.94. The second-order valence-electron chi connectivity index (χ2n) is 4.04. The van der Waals surface area contributed by atoms with Crippen LogP contribution in [0.2, 0.25) is 0 Å². The third-order valence-electron chi connectivity index (χ3n) is 2.82. The zero-order valence-electron chi connectivity index (χ0n) is 11.7. The Kier molecular flexibility index (Phi) is 6.30. The average molecular weight is 278 g/mol. The van der Waals surface area contributed by atoms with E-state index >= 15 is 0 Å². The monoisotopic (exact) mass is 277 g/mol. The molecule has 0 bridgehead atoms. The summed E-state index contributed by atoms with van der Waals surface area (Å²) in [6.45, 7) is 5.64. The number of nitrogens with zero attached hydrogens (tertiary/aromatic N) is 2. The van der Waals surface area contributed by atoms with Crippen molar-refractivity contribution < 1.29 is 0 Å². The lowest BCUT2D eigenvalue weighted by molar-refractivity contribution is 1.09. The molecule has 1 aliphatic heterocycles. The summed E-state index contributed by atoms with van der Waals surface area (Å²) >= 11 is 5.71. The van der Waals surface area contributed by atoms with Crippen molar-refractivity contribution in [3.8, 4) is 0 Å². The van der Waals surface area contributed by atoms with Crippen molar-refractivity contribution in [1.29, 1.82) is 0 Å². The first-order chi connectivity index (χ1) is 9.12. The van der Waals surface area contributed by atoms with E-state index in [-0.39, 0.29) is 0 Å². The smallest absolute Gasteiger partial charge is 0.147 e. The lowest BCUT2D eigenvalue weighted by atomic mass is 10.0. The molecule has 1 heterocycles. The van der Waals surface area contributed by atoms with Crippen LogP contribution < -0.4 is 5.32 Å². The first-order valence-corrected chi connectivity index (χ1v) is 6.59. The van der Waals surface area contributed by atoms with Gasteiger partial charge in [-0.1, -0.05) is 36.4 Å². The number of nitrogens with one attached hydrogen (secondary N) is 1. The summed E-state index contributed by atoms with van der Waals surface area (Å²) in [7, 11) is 3.64. The molecule has 4 heteroatoms. The van der Waals surface area contributed by atoms with Crippen molar-refractivity contribution in [3.05, 3.63) is 47.2 Å². The Morgan fingerprint density at radius 1 is 1.63 bits per heavy atom. The van der Waals surface area contributed by atoms with Gasteiger partial charge in [0.1, 0.15) is 5.84 Å². The quantitative estimate of drug-likeness (QED) is 0.783. The normalized spacial score (nSPS) is 18.5. The van der Waals surface area contributed by atoms with Gasteiger partial charge in [-0.2, -0.15) is 0 Å². The predicted molar refractivity (Wildman–Crippen MR) is 85.1 cm³/mol. The Bertz CT molecular complexity index is 494. The van der Waals surface area contributed by atoms with Gasteiger partial charge in [-0.25, -0.2) is 4.99 Å². The molecule has 3 nitrogen and oxygen atoms in total. The van der Waals surface area contributed by atoms with Crippen molar-refractivity contribution in [1.82, 2.24) is 5.32 Å². The molecule has 0 spiro atoms. The first kappa shape index (κ1) is 15.4. The topological polar surface area (TPSA) is 36.8 Å². The summed E-state index contributed by atoms with van der Waals surface area (Å²) in [4.78, 5) is 8.82. The van der Waals surface area contributed by atoms with Gasteiger partial charge in [0.2, 0.25) is 0 Å². The maximum Gasteiger partial charge on any atom is 0.147 e. The molecule has 0 atom stereocenters. The number of hydrogen-bond donors (Lipinski definition) is 1. The number of amidine groups is 1. The highest BCUT2D eigenvalue weighted by Gasteiger charge is 2.14. The maximum absolute atomic E-state index is 5.71. The molecule has 1 rings (SSSR count). The Morgan fingerprint density at radius 3 is 2.89 bits per heavy atom. The van der Waals surface area contributed by atoms with Crippen LogP contribution in [-0.4, -0.2) is 25.6 Å². The molecule has 0 fully saturated rings. The van der Waals surface area contributed by atoms with E-state index in [9.17, 15) is 0 Å². The number of aliphatic imine (C=N–C) groups is 2. The number of halogens is 1. The van der Waals surface area contributed by atoms with Crippen molar-refractivity contribution >= 4 is 23.1 Å². The van der Waals surface area contributed by atoms with Gasteiger partial charge in [0.25, 0.3) is 0 Å². The zero-order valence-corrected chi connectivity index (χ0v) is 12.5. The fourth-order valence-electron chi connectivity index (χ4n) is 1.80. The molecule has 0 aromatic heterocycles. The fourth-order valence-corrected chi connectivity index (χ4v) is 1.89. The molecule has 0 aromatic carbocycles. The molecule has 1 aliphatic rings. The van der Waals surface area contributed by atoms with Crippen molar-refractivity contribution in [2.24, 2.45) is 9.98 Å². The highest BCUT2D eigenvalue weighted by atomic mass is 35.5. The molecular weight excluding hydrogens is 258 g/mol. The highest BCUT2D eigenvalue weighted by Crippen LogP contribution is 2.21. The maximum atomic E-state index is 5.71. The molecule has 0 radical (unpaired) electrons. The van der Waals surface area contributed by atoms with E-state index in [4.69, 9.17) is 11.6 Å². The molecule has 19 heavy (non-hydrogen) atoms. The van der Waals surface area contributed by atoms with Crippen LogP contribution >= 0.6 is 11.6 Å². The Hall–Kier alpha value is -1.61. The third kappa shape index (κ3) is 4.52. The average Bonchev–Trinajstić information content (AvgIpc) is 2.42. The minimum absolute atomic E-state index is 0.535. The molecule has 0 saturated carbocycles. The number of rotatable bonds is 4. The van der Waals surface area contributed by atoms with Crippen molar-refractivity contribution in [2.45, 2.75) is 19.8 Å². The van der Waals surface area contributed by atoms with Gasteiger partial charge in [-0.15, -0.1) is 0 Å². The molecule has 1 N–H and O–H groups in total. The first-order valence-electron chi connectivity index (χ1n) is 6.21. The Labute approximate surface area is 120 Å². The molecule has 102 valence electrons. The van der Waals surface area contributed by atoms with Gasteiger partial charge in [0, 0.05) is 25.5 Å². The number of allylic oxidation sites excluding steroid dienone is 6. The van der Waals surface area contributed by atoms with Gasteiger partial charge >= 0.3 is 0 Å². The predicted octanol–water partition coefficient (Wildman–Crippen LogP) is 3.61. The molecular formula is C15H20ClN3. The molecule has 0 saturated heterocycles. The van der Waals surface area contributed by atoms with E-state index in [2.05, 4.69) is 34.0 Å².